The molecule has 0 bridgehead atoms. The van der Waals surface area contributed by atoms with Crippen molar-refractivity contribution in [1.29, 1.82) is 0 Å². The van der Waals surface area contributed by atoms with Crippen LogP contribution in [0.3, 0.4) is 0 Å². The molecule has 1 aliphatic carbocycles. The first kappa shape index (κ1) is 15.7. The lowest BCUT2D eigenvalue weighted by Crippen LogP contribution is -2.46. The molecular weight excluding hydrogens is 224 g/mol. The smallest absolute Gasteiger partial charge is 0.237 e. The second-order valence-electron chi connectivity index (χ2n) is 4.69. The van der Waals surface area contributed by atoms with E-state index in [-0.39, 0.29) is 18.3 Å². The van der Waals surface area contributed by atoms with E-state index >= 15 is 0 Å². The highest BCUT2D eigenvalue weighted by Crippen LogP contribution is 2.31. The number of hydrogen-bond donors (Lipinski definition) is 1. The number of rotatable bonds is 6. The van der Waals surface area contributed by atoms with E-state index in [1.807, 2.05) is 7.05 Å². The summed E-state index contributed by atoms with van der Waals surface area (Å²) in [5.41, 5.74) is 0. The predicted octanol–water partition coefficient (Wildman–Crippen LogP) is 2.05. The van der Waals surface area contributed by atoms with Crippen molar-refractivity contribution in [2.45, 2.75) is 52.1 Å². The lowest BCUT2D eigenvalue weighted by Gasteiger charge is -2.33. The quantitative estimate of drug-likeness (QED) is 0.781. The summed E-state index contributed by atoms with van der Waals surface area (Å²) in [6.07, 6.45) is 3.52. The zero-order valence-electron chi connectivity index (χ0n) is 10.8. The van der Waals surface area contributed by atoms with E-state index in [0.717, 1.165) is 6.42 Å². The first-order chi connectivity index (χ1) is 7.11. The van der Waals surface area contributed by atoms with Gasteiger partial charge in [0.15, 0.2) is 0 Å². The summed E-state index contributed by atoms with van der Waals surface area (Å²) in [6.45, 7) is 7.07. The van der Waals surface area contributed by atoms with Gasteiger partial charge >= 0.3 is 0 Å². The standard InChI is InChI=1S/C12H24N2O.ClH/c1-5-9(2)10(3)14(11-6-7-11)12(15)8-13-4;/h9-11,13H,5-8H2,1-4H3;1H. The molecule has 0 heterocycles. The molecule has 3 nitrogen and oxygen atoms in total. The molecule has 2 atom stereocenters. The molecule has 1 N–H and O–H groups in total. The summed E-state index contributed by atoms with van der Waals surface area (Å²) >= 11 is 0. The van der Waals surface area contributed by atoms with E-state index in [4.69, 9.17) is 0 Å². The molecule has 1 fully saturated rings. The third-order valence-corrected chi connectivity index (χ3v) is 3.46. The average molecular weight is 249 g/mol. The number of carbonyl (C=O) groups excluding carboxylic acids is 1. The first-order valence-electron chi connectivity index (χ1n) is 6.07. The number of amides is 1. The Morgan fingerprint density at radius 2 is 2.00 bits per heavy atom. The van der Waals surface area contributed by atoms with Crippen molar-refractivity contribution in [3.8, 4) is 0 Å². The van der Waals surface area contributed by atoms with E-state index < -0.39 is 0 Å². The first-order valence-corrected chi connectivity index (χ1v) is 6.07. The van der Waals surface area contributed by atoms with E-state index in [0.29, 0.717) is 24.5 Å². The van der Waals surface area contributed by atoms with Gasteiger partial charge < -0.3 is 10.2 Å². The van der Waals surface area contributed by atoms with Gasteiger partial charge in [0.05, 0.1) is 6.54 Å². The van der Waals surface area contributed by atoms with E-state index in [9.17, 15) is 4.79 Å². The SMILES string of the molecule is CCC(C)C(C)N(C(=O)CNC)C1CC1.Cl. The lowest BCUT2D eigenvalue weighted by atomic mass is 9.99. The van der Waals surface area contributed by atoms with Crippen LogP contribution >= 0.6 is 12.4 Å². The second kappa shape index (κ2) is 7.13. The maximum Gasteiger partial charge on any atom is 0.237 e. The van der Waals surface area contributed by atoms with Gasteiger partial charge in [-0.1, -0.05) is 20.3 Å². The maximum atomic E-state index is 11.9. The Morgan fingerprint density at radius 3 is 2.38 bits per heavy atom. The molecule has 4 heteroatoms. The van der Waals surface area contributed by atoms with E-state index in [1.54, 1.807) is 0 Å². The van der Waals surface area contributed by atoms with Crippen molar-refractivity contribution < 1.29 is 4.79 Å². The molecule has 0 aliphatic heterocycles. The van der Waals surface area contributed by atoms with Gasteiger partial charge in [0.1, 0.15) is 0 Å². The van der Waals surface area contributed by atoms with Crippen LogP contribution in [-0.4, -0.2) is 36.5 Å². The second-order valence-corrected chi connectivity index (χ2v) is 4.69. The Bertz CT molecular complexity index is 219. The summed E-state index contributed by atoms with van der Waals surface area (Å²) in [4.78, 5) is 14.1. The zero-order chi connectivity index (χ0) is 11.4. The summed E-state index contributed by atoms with van der Waals surface area (Å²) in [7, 11) is 1.83. The Labute approximate surface area is 105 Å². The van der Waals surface area contributed by atoms with Crippen molar-refractivity contribution in [2.75, 3.05) is 13.6 Å². The van der Waals surface area contributed by atoms with Crippen molar-refractivity contribution in [2.24, 2.45) is 5.92 Å². The molecule has 0 aromatic rings. The molecule has 1 rings (SSSR count). The monoisotopic (exact) mass is 248 g/mol. The van der Waals surface area contributed by atoms with Gasteiger partial charge in [-0.05, 0) is 32.7 Å². The van der Waals surface area contributed by atoms with Crippen LogP contribution in [0, 0.1) is 5.92 Å². The third kappa shape index (κ3) is 3.95. The minimum Gasteiger partial charge on any atom is -0.336 e. The molecule has 0 aromatic heterocycles. The van der Waals surface area contributed by atoms with Crippen LogP contribution < -0.4 is 5.32 Å². The summed E-state index contributed by atoms with van der Waals surface area (Å²) in [6, 6.07) is 0.901. The van der Waals surface area contributed by atoms with Crippen molar-refractivity contribution in [1.82, 2.24) is 10.2 Å². The molecule has 16 heavy (non-hydrogen) atoms. The van der Waals surface area contributed by atoms with E-state index in [1.165, 1.54) is 12.8 Å². The van der Waals surface area contributed by atoms with Crippen LogP contribution in [0.5, 0.6) is 0 Å². The summed E-state index contributed by atoms with van der Waals surface area (Å²) < 4.78 is 0. The Kier molecular flexibility index (Phi) is 7.00. The van der Waals surface area contributed by atoms with Gasteiger partial charge in [-0.3, -0.25) is 4.79 Å². The third-order valence-electron chi connectivity index (χ3n) is 3.46. The van der Waals surface area contributed by atoms with Gasteiger partial charge in [-0.15, -0.1) is 12.4 Å². The topological polar surface area (TPSA) is 32.3 Å². The summed E-state index contributed by atoms with van der Waals surface area (Å²) in [5.74, 6) is 0.846. The zero-order valence-corrected chi connectivity index (χ0v) is 11.6. The lowest BCUT2D eigenvalue weighted by molar-refractivity contribution is -0.133. The van der Waals surface area contributed by atoms with Gasteiger partial charge in [0.25, 0.3) is 0 Å². The Morgan fingerprint density at radius 1 is 1.44 bits per heavy atom. The van der Waals surface area contributed by atoms with Crippen molar-refractivity contribution >= 4 is 18.3 Å². The Balaban J connectivity index is 0.00000225. The fourth-order valence-corrected chi connectivity index (χ4v) is 1.97. The van der Waals surface area contributed by atoms with Crippen LogP contribution in [0.15, 0.2) is 0 Å². The van der Waals surface area contributed by atoms with Crippen LogP contribution in [0.4, 0.5) is 0 Å². The van der Waals surface area contributed by atoms with Crippen molar-refractivity contribution in [3.63, 3.8) is 0 Å². The number of carbonyl (C=O) groups is 1. The van der Waals surface area contributed by atoms with Gasteiger partial charge in [0, 0.05) is 12.1 Å². The largest absolute Gasteiger partial charge is 0.336 e. The fraction of sp³-hybridized carbons (Fsp3) is 0.917. The minimum atomic E-state index is 0. The van der Waals surface area contributed by atoms with Crippen LogP contribution in [0.2, 0.25) is 0 Å². The molecule has 0 radical (unpaired) electrons. The molecular formula is C12H25ClN2O. The maximum absolute atomic E-state index is 11.9. The molecule has 96 valence electrons. The number of likely N-dealkylation sites (N-methyl/N-ethyl adjacent to an activating group) is 1. The highest BCUT2D eigenvalue weighted by Gasteiger charge is 2.36. The predicted molar refractivity (Wildman–Crippen MR) is 70.0 cm³/mol. The number of nitrogens with one attached hydrogen (secondary N) is 1. The molecule has 0 spiro atoms. The highest BCUT2D eigenvalue weighted by atomic mass is 35.5. The molecule has 1 saturated carbocycles. The van der Waals surface area contributed by atoms with Gasteiger partial charge in [0.2, 0.25) is 5.91 Å². The number of nitrogens with zero attached hydrogens (tertiary/aromatic N) is 1. The average Bonchev–Trinajstić information content (AvgIpc) is 3.01. The molecule has 1 aliphatic rings. The van der Waals surface area contributed by atoms with E-state index in [2.05, 4.69) is 31.0 Å². The normalized spacial score (nSPS) is 18.5. The Hall–Kier alpha value is -0.280. The summed E-state index contributed by atoms with van der Waals surface area (Å²) in [5, 5.41) is 2.95. The highest BCUT2D eigenvalue weighted by molar-refractivity contribution is 5.85. The number of halogens is 1. The van der Waals surface area contributed by atoms with Crippen LogP contribution in [0.1, 0.15) is 40.0 Å². The fourth-order valence-electron chi connectivity index (χ4n) is 1.97. The molecule has 2 unspecified atom stereocenters. The number of hydrogen-bond acceptors (Lipinski definition) is 2. The molecule has 0 aromatic carbocycles. The molecule has 1 amide bonds. The molecule has 0 saturated heterocycles. The minimum absolute atomic E-state index is 0. The van der Waals surface area contributed by atoms with Gasteiger partial charge in [-0.25, -0.2) is 0 Å². The van der Waals surface area contributed by atoms with Gasteiger partial charge in [-0.2, -0.15) is 0 Å². The van der Waals surface area contributed by atoms with Crippen LogP contribution in [-0.2, 0) is 4.79 Å². The van der Waals surface area contributed by atoms with Crippen molar-refractivity contribution in [3.05, 3.63) is 0 Å². The van der Waals surface area contributed by atoms with Crippen LogP contribution in [0.25, 0.3) is 0 Å².